The summed E-state index contributed by atoms with van der Waals surface area (Å²) in [5.74, 6) is 0. The highest BCUT2D eigenvalue weighted by Crippen LogP contribution is 2.53. The van der Waals surface area contributed by atoms with E-state index in [4.69, 9.17) is 11.6 Å². The minimum absolute atomic E-state index is 0.289. The third-order valence-corrected chi connectivity index (χ3v) is 4.34. The third kappa shape index (κ3) is 1.89. The molecule has 72 valence electrons. The highest BCUT2D eigenvalue weighted by molar-refractivity contribution is 7.09. The Morgan fingerprint density at radius 2 is 2.38 bits per heavy atom. The molecule has 0 radical (unpaired) electrons. The lowest BCUT2D eigenvalue weighted by molar-refractivity contribution is 0.495. The molecule has 13 heavy (non-hydrogen) atoms. The van der Waals surface area contributed by atoms with Gasteiger partial charge < -0.3 is 0 Å². The first-order valence-electron chi connectivity index (χ1n) is 4.67. The van der Waals surface area contributed by atoms with Crippen molar-refractivity contribution in [3.63, 3.8) is 0 Å². The van der Waals surface area contributed by atoms with Crippen LogP contribution in [0.15, 0.2) is 5.38 Å². The zero-order valence-corrected chi connectivity index (χ0v) is 9.58. The number of hydrogen-bond acceptors (Lipinski definition) is 2. The van der Waals surface area contributed by atoms with Gasteiger partial charge in [0.05, 0.1) is 5.01 Å². The molecule has 1 aliphatic carbocycles. The summed E-state index contributed by atoms with van der Waals surface area (Å²) in [5, 5.41) is 3.66. The van der Waals surface area contributed by atoms with Crippen LogP contribution in [-0.2, 0) is 6.42 Å². The quantitative estimate of drug-likeness (QED) is 0.705. The van der Waals surface area contributed by atoms with Crippen molar-refractivity contribution < 1.29 is 0 Å². The fraction of sp³-hybridized carbons (Fsp3) is 0.700. The summed E-state index contributed by atoms with van der Waals surface area (Å²) in [5.41, 5.74) is 1.52. The van der Waals surface area contributed by atoms with Crippen LogP contribution in [0.1, 0.15) is 30.5 Å². The first-order chi connectivity index (χ1) is 6.12. The number of thiazole rings is 1. The molecule has 1 aromatic heterocycles. The Morgan fingerprint density at radius 3 is 2.77 bits per heavy atom. The van der Waals surface area contributed by atoms with Gasteiger partial charge in [-0.05, 0) is 32.1 Å². The molecule has 0 aromatic carbocycles. The van der Waals surface area contributed by atoms with Crippen molar-refractivity contribution in [3.05, 3.63) is 16.1 Å². The lowest BCUT2D eigenvalue weighted by Crippen LogP contribution is -2.15. The Morgan fingerprint density at radius 1 is 1.69 bits per heavy atom. The highest BCUT2D eigenvalue weighted by Gasteiger charge is 2.47. The van der Waals surface area contributed by atoms with Crippen molar-refractivity contribution >= 4 is 22.9 Å². The lowest BCUT2D eigenvalue weighted by Gasteiger charge is -2.15. The number of halogens is 1. The Bertz CT molecular complexity index is 302. The molecule has 1 fully saturated rings. The SMILES string of the molecule is Cc1csc(CC2(C(C)Cl)CC2)n1. The lowest BCUT2D eigenvalue weighted by atomic mass is 9.99. The van der Waals surface area contributed by atoms with E-state index in [1.54, 1.807) is 11.3 Å². The zero-order valence-electron chi connectivity index (χ0n) is 8.01. The Balaban J connectivity index is 2.06. The molecule has 1 aliphatic rings. The Kier molecular flexibility index (Phi) is 2.37. The molecule has 0 saturated heterocycles. The molecular weight excluding hydrogens is 202 g/mol. The average molecular weight is 216 g/mol. The van der Waals surface area contributed by atoms with E-state index in [2.05, 4.69) is 17.3 Å². The van der Waals surface area contributed by atoms with Gasteiger partial charge in [0, 0.05) is 22.9 Å². The predicted molar refractivity (Wildman–Crippen MR) is 57.5 cm³/mol. The number of nitrogens with zero attached hydrogens (tertiary/aromatic N) is 1. The maximum absolute atomic E-state index is 6.17. The van der Waals surface area contributed by atoms with Gasteiger partial charge in [0.1, 0.15) is 0 Å². The van der Waals surface area contributed by atoms with Gasteiger partial charge in [-0.1, -0.05) is 0 Å². The number of aryl methyl sites for hydroxylation is 1. The summed E-state index contributed by atoms with van der Waals surface area (Å²) in [6.45, 7) is 4.15. The van der Waals surface area contributed by atoms with Crippen LogP contribution in [0.5, 0.6) is 0 Å². The molecule has 1 heterocycles. The van der Waals surface area contributed by atoms with Crippen LogP contribution < -0.4 is 0 Å². The van der Waals surface area contributed by atoms with E-state index in [9.17, 15) is 0 Å². The fourth-order valence-electron chi connectivity index (χ4n) is 1.66. The maximum atomic E-state index is 6.17. The van der Waals surface area contributed by atoms with Gasteiger partial charge in [0.15, 0.2) is 0 Å². The normalized spacial score (nSPS) is 21.5. The van der Waals surface area contributed by atoms with E-state index in [0.29, 0.717) is 5.41 Å². The van der Waals surface area contributed by atoms with Gasteiger partial charge in [-0.2, -0.15) is 0 Å². The molecule has 0 amide bonds. The molecule has 0 spiro atoms. The first-order valence-corrected chi connectivity index (χ1v) is 5.99. The van der Waals surface area contributed by atoms with E-state index in [1.807, 2.05) is 6.92 Å². The van der Waals surface area contributed by atoms with Gasteiger partial charge in [0.25, 0.3) is 0 Å². The second kappa shape index (κ2) is 3.25. The molecule has 1 nitrogen and oxygen atoms in total. The van der Waals surface area contributed by atoms with Gasteiger partial charge in [-0.15, -0.1) is 22.9 Å². The van der Waals surface area contributed by atoms with Crippen molar-refractivity contribution in [2.75, 3.05) is 0 Å². The van der Waals surface area contributed by atoms with Crippen molar-refractivity contribution in [3.8, 4) is 0 Å². The molecule has 0 N–H and O–H groups in total. The molecule has 0 aliphatic heterocycles. The monoisotopic (exact) mass is 215 g/mol. The minimum atomic E-state index is 0.289. The summed E-state index contributed by atoms with van der Waals surface area (Å²) < 4.78 is 0. The smallest absolute Gasteiger partial charge is 0.0934 e. The summed E-state index contributed by atoms with van der Waals surface area (Å²) in [7, 11) is 0. The van der Waals surface area contributed by atoms with Gasteiger partial charge in [-0.25, -0.2) is 4.98 Å². The van der Waals surface area contributed by atoms with Crippen molar-refractivity contribution in [2.45, 2.75) is 38.5 Å². The van der Waals surface area contributed by atoms with Crippen LogP contribution in [0.2, 0.25) is 0 Å². The maximum Gasteiger partial charge on any atom is 0.0934 e. The molecular formula is C10H14ClNS. The van der Waals surface area contributed by atoms with Crippen LogP contribution in [0.3, 0.4) is 0 Å². The summed E-state index contributed by atoms with van der Waals surface area (Å²) in [6.07, 6.45) is 3.63. The number of rotatable bonds is 3. The molecule has 2 rings (SSSR count). The van der Waals surface area contributed by atoms with Crippen LogP contribution in [-0.4, -0.2) is 10.4 Å². The Hall–Kier alpha value is -0.0800. The molecule has 1 atom stereocenters. The summed E-state index contributed by atoms with van der Waals surface area (Å²) >= 11 is 7.93. The topological polar surface area (TPSA) is 12.9 Å². The number of alkyl halides is 1. The van der Waals surface area contributed by atoms with E-state index in [1.165, 1.54) is 17.8 Å². The van der Waals surface area contributed by atoms with E-state index < -0.39 is 0 Å². The number of hydrogen-bond donors (Lipinski definition) is 0. The molecule has 1 unspecified atom stereocenters. The van der Waals surface area contributed by atoms with E-state index >= 15 is 0 Å². The second-order valence-corrected chi connectivity index (χ2v) is 5.64. The van der Waals surface area contributed by atoms with Crippen LogP contribution in [0.25, 0.3) is 0 Å². The van der Waals surface area contributed by atoms with Gasteiger partial charge in [0.2, 0.25) is 0 Å². The number of aromatic nitrogens is 1. The largest absolute Gasteiger partial charge is 0.247 e. The Labute approximate surface area is 88.1 Å². The highest BCUT2D eigenvalue weighted by atomic mass is 35.5. The van der Waals surface area contributed by atoms with Crippen molar-refractivity contribution in [1.29, 1.82) is 0 Å². The molecule has 1 saturated carbocycles. The average Bonchev–Trinajstić information content (AvgIpc) is 2.72. The van der Waals surface area contributed by atoms with Crippen LogP contribution in [0, 0.1) is 12.3 Å². The molecule has 1 aromatic rings. The predicted octanol–water partition coefficient (Wildman–Crippen LogP) is 3.40. The van der Waals surface area contributed by atoms with Crippen LogP contribution in [0.4, 0.5) is 0 Å². The first kappa shape index (κ1) is 9.47. The van der Waals surface area contributed by atoms with E-state index in [0.717, 1.165) is 12.1 Å². The minimum Gasteiger partial charge on any atom is -0.247 e. The molecule has 3 heteroatoms. The summed E-state index contributed by atoms with van der Waals surface area (Å²) in [6, 6.07) is 0. The van der Waals surface area contributed by atoms with Gasteiger partial charge >= 0.3 is 0 Å². The second-order valence-electron chi connectivity index (χ2n) is 4.04. The van der Waals surface area contributed by atoms with Crippen molar-refractivity contribution in [2.24, 2.45) is 5.41 Å². The summed E-state index contributed by atoms with van der Waals surface area (Å²) in [4.78, 5) is 4.48. The van der Waals surface area contributed by atoms with E-state index in [-0.39, 0.29) is 5.38 Å². The van der Waals surface area contributed by atoms with Gasteiger partial charge in [-0.3, -0.25) is 0 Å². The van der Waals surface area contributed by atoms with Crippen molar-refractivity contribution in [1.82, 2.24) is 4.98 Å². The molecule has 0 bridgehead atoms. The zero-order chi connectivity index (χ0) is 9.47. The fourth-order valence-corrected chi connectivity index (χ4v) is 2.88. The van der Waals surface area contributed by atoms with Crippen LogP contribution >= 0.6 is 22.9 Å². The standard InChI is InChI=1S/C10H14ClNS/c1-7-6-13-9(12-7)5-10(3-4-10)8(2)11/h6,8H,3-5H2,1-2H3. The third-order valence-electron chi connectivity index (χ3n) is 2.91.